The predicted octanol–water partition coefficient (Wildman–Crippen LogP) is 3.39. The Labute approximate surface area is 143 Å². The summed E-state index contributed by atoms with van der Waals surface area (Å²) in [6, 6.07) is 18.4. The molecule has 1 aliphatic heterocycles. The fourth-order valence-corrected chi connectivity index (χ4v) is 4.23. The first-order chi connectivity index (χ1) is 12.2. The first kappa shape index (κ1) is 13.7. The van der Waals surface area contributed by atoms with E-state index in [2.05, 4.69) is 24.3 Å². The third-order valence-electron chi connectivity index (χ3n) is 5.55. The van der Waals surface area contributed by atoms with Crippen LogP contribution in [0.5, 0.6) is 0 Å². The lowest BCUT2D eigenvalue weighted by atomic mass is 9.85. The number of fused-ring (bicyclic) bond motifs is 8. The van der Waals surface area contributed by atoms with Crippen molar-refractivity contribution in [2.45, 2.75) is 24.4 Å². The standard InChI is InChI=1S/C21H15NO3/c23-18-13-7-5-11-9-14-12-4-2-1-3-10(12)6-8-15(14)22-17(11)16(13)20-21(25-20)19(18)24/h1-9,18-21,23-24H/t18?,19-,20?,21-/m1/s1. The van der Waals surface area contributed by atoms with Crippen LogP contribution < -0.4 is 0 Å². The van der Waals surface area contributed by atoms with E-state index in [0.29, 0.717) is 0 Å². The zero-order valence-corrected chi connectivity index (χ0v) is 13.3. The van der Waals surface area contributed by atoms with Gasteiger partial charge in [0.1, 0.15) is 24.4 Å². The zero-order chi connectivity index (χ0) is 16.7. The Morgan fingerprint density at radius 1 is 0.880 bits per heavy atom. The highest BCUT2D eigenvalue weighted by Crippen LogP contribution is 2.52. The van der Waals surface area contributed by atoms with E-state index in [9.17, 15) is 10.2 Å². The lowest BCUT2D eigenvalue weighted by molar-refractivity contribution is 0.0000942. The van der Waals surface area contributed by atoms with E-state index >= 15 is 0 Å². The summed E-state index contributed by atoms with van der Waals surface area (Å²) in [5.41, 5.74) is 3.44. The van der Waals surface area contributed by atoms with E-state index in [1.54, 1.807) is 0 Å². The SMILES string of the molecule is OC1c2ccc3cc4c(ccc5ccccc54)nc3c2C2O[C@@H]2[C@@H]1O. The smallest absolute Gasteiger partial charge is 0.118 e. The lowest BCUT2D eigenvalue weighted by Gasteiger charge is -2.24. The quantitative estimate of drug-likeness (QED) is 0.295. The number of hydrogen-bond donors (Lipinski definition) is 2. The summed E-state index contributed by atoms with van der Waals surface area (Å²) in [7, 11) is 0. The predicted molar refractivity (Wildman–Crippen MR) is 95.3 cm³/mol. The Balaban J connectivity index is 1.72. The minimum atomic E-state index is -0.919. The number of aliphatic hydroxyl groups is 2. The lowest BCUT2D eigenvalue weighted by Crippen LogP contribution is -2.29. The molecule has 4 nitrogen and oxygen atoms in total. The van der Waals surface area contributed by atoms with Gasteiger partial charge in [-0.3, -0.25) is 0 Å². The van der Waals surface area contributed by atoms with Crippen molar-refractivity contribution in [1.29, 1.82) is 0 Å². The molecule has 4 aromatic rings. The van der Waals surface area contributed by atoms with Crippen molar-refractivity contribution in [2.24, 2.45) is 0 Å². The second kappa shape index (κ2) is 4.55. The van der Waals surface area contributed by atoms with Gasteiger partial charge in [0.05, 0.1) is 11.0 Å². The molecular weight excluding hydrogens is 314 g/mol. The van der Waals surface area contributed by atoms with Gasteiger partial charge in [0, 0.05) is 16.3 Å². The molecule has 4 heteroatoms. The van der Waals surface area contributed by atoms with Crippen LogP contribution in [-0.2, 0) is 4.74 Å². The molecule has 2 N–H and O–H groups in total. The monoisotopic (exact) mass is 329 g/mol. The summed E-state index contributed by atoms with van der Waals surface area (Å²) >= 11 is 0. The number of aliphatic hydroxyl groups excluding tert-OH is 2. The van der Waals surface area contributed by atoms with Gasteiger partial charge < -0.3 is 14.9 Å². The van der Waals surface area contributed by atoms with Gasteiger partial charge in [0.2, 0.25) is 0 Å². The van der Waals surface area contributed by atoms with Crippen LogP contribution in [0.4, 0.5) is 0 Å². The van der Waals surface area contributed by atoms with Gasteiger partial charge in [-0.15, -0.1) is 0 Å². The average Bonchev–Trinajstić information content (AvgIpc) is 3.44. The molecule has 2 aliphatic rings. The number of benzene rings is 3. The van der Waals surface area contributed by atoms with E-state index in [0.717, 1.165) is 32.9 Å². The molecule has 2 unspecified atom stereocenters. The summed E-state index contributed by atoms with van der Waals surface area (Å²) in [4.78, 5) is 4.90. The van der Waals surface area contributed by atoms with E-state index in [4.69, 9.17) is 9.72 Å². The van der Waals surface area contributed by atoms with Crippen LogP contribution in [-0.4, -0.2) is 27.4 Å². The minimum absolute atomic E-state index is 0.164. The Bertz CT molecular complexity index is 1190. The van der Waals surface area contributed by atoms with E-state index in [1.807, 2.05) is 30.3 Å². The molecule has 25 heavy (non-hydrogen) atoms. The van der Waals surface area contributed by atoms with Gasteiger partial charge in [-0.2, -0.15) is 0 Å². The van der Waals surface area contributed by atoms with Gasteiger partial charge in [-0.05, 0) is 28.5 Å². The van der Waals surface area contributed by atoms with Crippen molar-refractivity contribution in [3.63, 3.8) is 0 Å². The van der Waals surface area contributed by atoms with E-state index in [1.165, 1.54) is 10.8 Å². The Hall–Kier alpha value is -2.53. The van der Waals surface area contributed by atoms with Crippen molar-refractivity contribution in [1.82, 2.24) is 4.98 Å². The Morgan fingerprint density at radius 3 is 2.64 bits per heavy atom. The molecule has 1 aromatic heterocycles. The third-order valence-corrected chi connectivity index (χ3v) is 5.55. The van der Waals surface area contributed by atoms with Crippen LogP contribution >= 0.6 is 0 Å². The van der Waals surface area contributed by atoms with Crippen molar-refractivity contribution < 1.29 is 14.9 Å². The fraction of sp³-hybridized carbons (Fsp3) is 0.190. The molecule has 4 atom stereocenters. The number of epoxide rings is 1. The second-order valence-corrected chi connectivity index (χ2v) is 6.94. The fourth-order valence-electron chi connectivity index (χ4n) is 4.23. The molecule has 2 heterocycles. The molecule has 1 fully saturated rings. The van der Waals surface area contributed by atoms with Crippen molar-refractivity contribution in [2.75, 3.05) is 0 Å². The number of hydrogen-bond acceptors (Lipinski definition) is 4. The topological polar surface area (TPSA) is 65.9 Å². The maximum atomic E-state index is 10.4. The van der Waals surface area contributed by atoms with Crippen molar-refractivity contribution in [3.05, 3.63) is 65.7 Å². The van der Waals surface area contributed by atoms with Crippen LogP contribution in [0.3, 0.4) is 0 Å². The maximum Gasteiger partial charge on any atom is 0.118 e. The van der Waals surface area contributed by atoms with E-state index in [-0.39, 0.29) is 12.2 Å². The molecule has 3 aromatic carbocycles. The second-order valence-electron chi connectivity index (χ2n) is 6.94. The molecule has 0 saturated carbocycles. The number of pyridine rings is 1. The first-order valence-corrected chi connectivity index (χ1v) is 8.49. The molecule has 6 rings (SSSR count). The van der Waals surface area contributed by atoms with Crippen molar-refractivity contribution >= 4 is 32.6 Å². The maximum absolute atomic E-state index is 10.4. The zero-order valence-electron chi connectivity index (χ0n) is 13.3. The van der Waals surface area contributed by atoms with Gasteiger partial charge >= 0.3 is 0 Å². The summed E-state index contributed by atoms with van der Waals surface area (Å²) in [5.74, 6) is 0. The molecule has 1 saturated heterocycles. The van der Waals surface area contributed by atoms with Gasteiger partial charge in [0.25, 0.3) is 0 Å². The molecular formula is C21H15NO3. The Morgan fingerprint density at radius 2 is 1.72 bits per heavy atom. The number of rotatable bonds is 0. The number of ether oxygens (including phenoxy) is 1. The molecule has 122 valence electrons. The van der Waals surface area contributed by atoms with Crippen LogP contribution in [0.15, 0.2) is 54.6 Å². The average molecular weight is 329 g/mol. The minimum Gasteiger partial charge on any atom is -0.387 e. The van der Waals surface area contributed by atoms with Crippen LogP contribution in [0.25, 0.3) is 32.6 Å². The number of nitrogens with zero attached hydrogens (tertiary/aromatic N) is 1. The highest BCUT2D eigenvalue weighted by molar-refractivity contribution is 6.09. The summed E-state index contributed by atoms with van der Waals surface area (Å²) < 4.78 is 5.63. The van der Waals surface area contributed by atoms with Crippen LogP contribution in [0.2, 0.25) is 0 Å². The van der Waals surface area contributed by atoms with Crippen LogP contribution in [0, 0.1) is 0 Å². The van der Waals surface area contributed by atoms with Gasteiger partial charge in [-0.1, -0.05) is 42.5 Å². The molecule has 1 aliphatic carbocycles. The highest BCUT2D eigenvalue weighted by Gasteiger charge is 2.54. The summed E-state index contributed by atoms with van der Waals surface area (Å²) in [6.07, 6.45) is -2.26. The molecule has 0 bridgehead atoms. The van der Waals surface area contributed by atoms with E-state index < -0.39 is 12.2 Å². The normalized spacial score (nSPS) is 27.4. The molecule has 0 radical (unpaired) electrons. The van der Waals surface area contributed by atoms with Crippen LogP contribution in [0.1, 0.15) is 23.3 Å². The first-order valence-electron chi connectivity index (χ1n) is 8.49. The number of aromatic nitrogens is 1. The summed E-state index contributed by atoms with van der Waals surface area (Å²) in [6.45, 7) is 0. The van der Waals surface area contributed by atoms with Crippen molar-refractivity contribution in [3.8, 4) is 0 Å². The summed E-state index contributed by atoms with van der Waals surface area (Å²) in [5, 5.41) is 25.0. The largest absolute Gasteiger partial charge is 0.387 e. The highest BCUT2D eigenvalue weighted by atomic mass is 16.6. The molecule has 0 amide bonds. The third kappa shape index (κ3) is 1.74. The molecule has 0 spiro atoms. The van der Waals surface area contributed by atoms with Gasteiger partial charge in [-0.25, -0.2) is 4.98 Å². The Kier molecular flexibility index (Phi) is 2.50. The van der Waals surface area contributed by atoms with Gasteiger partial charge in [0.15, 0.2) is 0 Å².